The molecule has 0 aromatic heterocycles. The van der Waals surface area contributed by atoms with Crippen LogP contribution in [0.15, 0.2) is 30.9 Å². The Labute approximate surface area is 132 Å². The van der Waals surface area contributed by atoms with Crippen LogP contribution < -0.4 is 10.6 Å². The first-order valence-electron chi connectivity index (χ1n) is 6.97. The topological polar surface area (TPSA) is 55.6 Å². The Bertz CT molecular complexity index is 497. The summed E-state index contributed by atoms with van der Waals surface area (Å²) in [7, 11) is 1.40. The molecule has 1 aromatic rings. The number of esters is 1. The number of piperidine rings is 1. The van der Waals surface area contributed by atoms with Crippen LogP contribution in [0.1, 0.15) is 28.8 Å². The summed E-state index contributed by atoms with van der Waals surface area (Å²) in [6.07, 6.45) is 4.55. The third-order valence-corrected chi connectivity index (χ3v) is 3.68. The number of ether oxygens (including phenoxy) is 1. The van der Waals surface area contributed by atoms with Gasteiger partial charge in [-0.2, -0.15) is 0 Å². The molecular weight excluding hydrogens is 288 g/mol. The molecule has 0 atom stereocenters. The number of hydrogen-bond donors (Lipinski definition) is 1. The fourth-order valence-electron chi connectivity index (χ4n) is 2.53. The molecule has 0 unspecified atom stereocenters. The van der Waals surface area contributed by atoms with Gasteiger partial charge in [-0.1, -0.05) is 6.08 Å². The van der Waals surface area contributed by atoms with E-state index in [0.717, 1.165) is 43.6 Å². The van der Waals surface area contributed by atoms with Crippen molar-refractivity contribution < 1.29 is 9.53 Å². The summed E-state index contributed by atoms with van der Waals surface area (Å²) in [5.41, 5.74) is 8.68. The normalized spacial score (nSPS) is 15.2. The maximum Gasteiger partial charge on any atom is 0.337 e. The lowest BCUT2D eigenvalue weighted by molar-refractivity contribution is 0.0600. The predicted octanol–water partition coefficient (Wildman–Crippen LogP) is 2.55. The van der Waals surface area contributed by atoms with Crippen molar-refractivity contribution in [2.24, 2.45) is 5.73 Å². The van der Waals surface area contributed by atoms with Crippen LogP contribution in [-0.2, 0) is 11.2 Å². The smallest absolute Gasteiger partial charge is 0.337 e. The second kappa shape index (κ2) is 8.05. The van der Waals surface area contributed by atoms with Gasteiger partial charge in [0.25, 0.3) is 0 Å². The minimum atomic E-state index is -0.300. The van der Waals surface area contributed by atoms with Gasteiger partial charge in [0.2, 0.25) is 0 Å². The van der Waals surface area contributed by atoms with E-state index in [4.69, 9.17) is 10.5 Å². The van der Waals surface area contributed by atoms with E-state index in [1.807, 2.05) is 18.2 Å². The predicted molar refractivity (Wildman–Crippen MR) is 88.4 cm³/mol. The van der Waals surface area contributed by atoms with Crippen LogP contribution in [0.4, 0.5) is 5.69 Å². The third kappa shape index (κ3) is 4.48. The largest absolute Gasteiger partial charge is 0.465 e. The van der Waals surface area contributed by atoms with E-state index in [2.05, 4.69) is 17.5 Å². The molecule has 1 fully saturated rings. The van der Waals surface area contributed by atoms with Crippen molar-refractivity contribution >= 4 is 24.1 Å². The molecule has 1 aliphatic rings. The third-order valence-electron chi connectivity index (χ3n) is 3.68. The van der Waals surface area contributed by atoms with Crippen LogP contribution in [0.25, 0.3) is 0 Å². The molecule has 2 rings (SSSR count). The van der Waals surface area contributed by atoms with E-state index in [0.29, 0.717) is 11.6 Å². The van der Waals surface area contributed by atoms with Gasteiger partial charge in [-0.05, 0) is 43.0 Å². The molecule has 0 bridgehead atoms. The maximum absolute atomic E-state index is 11.8. The highest BCUT2D eigenvalue weighted by Crippen LogP contribution is 2.23. The molecule has 0 amide bonds. The zero-order valence-corrected chi connectivity index (χ0v) is 13.2. The Morgan fingerprint density at radius 2 is 2.10 bits per heavy atom. The first-order chi connectivity index (χ1) is 9.63. The van der Waals surface area contributed by atoms with Crippen molar-refractivity contribution in [3.63, 3.8) is 0 Å². The van der Waals surface area contributed by atoms with Crippen molar-refractivity contribution in [3.05, 3.63) is 42.0 Å². The minimum Gasteiger partial charge on any atom is -0.465 e. The van der Waals surface area contributed by atoms with E-state index >= 15 is 0 Å². The molecule has 0 spiro atoms. The van der Waals surface area contributed by atoms with E-state index in [1.54, 1.807) is 0 Å². The summed E-state index contributed by atoms with van der Waals surface area (Å²) in [6, 6.07) is 6.18. The molecule has 116 valence electrons. The number of allylic oxidation sites excluding steroid dienone is 1. The molecule has 0 aliphatic carbocycles. The fourth-order valence-corrected chi connectivity index (χ4v) is 2.53. The quantitative estimate of drug-likeness (QED) is 0.686. The molecule has 0 radical (unpaired) electrons. The molecule has 4 nitrogen and oxygen atoms in total. The van der Waals surface area contributed by atoms with Crippen LogP contribution in [0, 0.1) is 0 Å². The van der Waals surface area contributed by atoms with Crippen LogP contribution in [0.3, 0.4) is 0 Å². The number of hydrogen-bond acceptors (Lipinski definition) is 4. The zero-order valence-electron chi connectivity index (χ0n) is 12.4. The zero-order chi connectivity index (χ0) is 14.5. The lowest BCUT2D eigenvalue weighted by Gasteiger charge is -2.32. The summed E-state index contributed by atoms with van der Waals surface area (Å²) in [5, 5.41) is 0. The summed E-state index contributed by atoms with van der Waals surface area (Å²) < 4.78 is 4.83. The number of nitrogens with zero attached hydrogens (tertiary/aromatic N) is 1. The lowest BCUT2D eigenvalue weighted by atomic mass is 10.0. The maximum atomic E-state index is 11.8. The van der Waals surface area contributed by atoms with Gasteiger partial charge in [0.15, 0.2) is 0 Å². The first kappa shape index (κ1) is 17.5. The molecule has 1 saturated heterocycles. The summed E-state index contributed by atoms with van der Waals surface area (Å²) in [6.45, 7) is 5.62. The monoisotopic (exact) mass is 310 g/mol. The van der Waals surface area contributed by atoms with Gasteiger partial charge < -0.3 is 15.4 Å². The lowest BCUT2D eigenvalue weighted by Crippen LogP contribution is -2.39. The number of benzene rings is 1. The second-order valence-electron chi connectivity index (χ2n) is 5.20. The molecule has 1 heterocycles. The molecular formula is C16H23ClN2O2. The minimum absolute atomic E-state index is 0. The second-order valence-corrected chi connectivity index (χ2v) is 5.20. The van der Waals surface area contributed by atoms with Crippen LogP contribution >= 0.6 is 12.4 Å². The Morgan fingerprint density at radius 1 is 1.43 bits per heavy atom. The van der Waals surface area contributed by atoms with Crippen molar-refractivity contribution in [1.82, 2.24) is 0 Å². The molecule has 21 heavy (non-hydrogen) atoms. The van der Waals surface area contributed by atoms with Crippen molar-refractivity contribution in [2.45, 2.75) is 25.3 Å². The number of anilines is 1. The summed E-state index contributed by atoms with van der Waals surface area (Å²) in [5.74, 6) is -0.300. The summed E-state index contributed by atoms with van der Waals surface area (Å²) in [4.78, 5) is 14.1. The Morgan fingerprint density at radius 3 is 2.67 bits per heavy atom. The highest BCUT2D eigenvalue weighted by Gasteiger charge is 2.18. The fraction of sp³-hybridized carbons (Fsp3) is 0.438. The van der Waals surface area contributed by atoms with Gasteiger partial charge in [-0.25, -0.2) is 4.79 Å². The van der Waals surface area contributed by atoms with Gasteiger partial charge in [0.1, 0.15) is 0 Å². The Balaban J connectivity index is 0.00000220. The van der Waals surface area contributed by atoms with E-state index in [-0.39, 0.29) is 18.4 Å². The number of halogens is 1. The Kier molecular flexibility index (Phi) is 6.72. The van der Waals surface area contributed by atoms with Crippen LogP contribution in [0.2, 0.25) is 0 Å². The van der Waals surface area contributed by atoms with Crippen molar-refractivity contribution in [3.8, 4) is 0 Å². The van der Waals surface area contributed by atoms with E-state index in [1.165, 1.54) is 7.11 Å². The number of methoxy groups -OCH3 is 1. The average Bonchev–Trinajstić information content (AvgIpc) is 2.47. The highest BCUT2D eigenvalue weighted by molar-refractivity contribution is 5.90. The standard InChI is InChI=1S/C16H22N2O2.ClH/c1-3-4-12-9-13(16(19)20-2)11-15(10-12)18-7-5-14(17)6-8-18;/h3,9-11,14H,1,4-8,17H2,2H3;1H. The van der Waals surface area contributed by atoms with Crippen molar-refractivity contribution in [1.29, 1.82) is 0 Å². The molecule has 5 heteroatoms. The average molecular weight is 311 g/mol. The number of nitrogens with two attached hydrogens (primary N) is 1. The van der Waals surface area contributed by atoms with E-state index < -0.39 is 0 Å². The summed E-state index contributed by atoms with van der Waals surface area (Å²) >= 11 is 0. The molecule has 1 aliphatic heterocycles. The number of carbonyl (C=O) groups is 1. The van der Waals surface area contributed by atoms with Gasteiger partial charge in [-0.3, -0.25) is 0 Å². The molecule has 1 aromatic carbocycles. The number of carbonyl (C=O) groups excluding carboxylic acids is 1. The van der Waals surface area contributed by atoms with Gasteiger partial charge >= 0.3 is 5.97 Å². The van der Waals surface area contributed by atoms with Crippen LogP contribution in [0.5, 0.6) is 0 Å². The van der Waals surface area contributed by atoms with Crippen LogP contribution in [-0.4, -0.2) is 32.2 Å². The van der Waals surface area contributed by atoms with E-state index in [9.17, 15) is 4.79 Å². The first-order valence-corrected chi connectivity index (χ1v) is 6.97. The van der Waals surface area contributed by atoms with Crippen molar-refractivity contribution in [2.75, 3.05) is 25.1 Å². The van der Waals surface area contributed by atoms with Gasteiger partial charge in [-0.15, -0.1) is 19.0 Å². The molecule has 2 N–H and O–H groups in total. The molecule has 0 saturated carbocycles. The Hall–Kier alpha value is -1.52. The van der Waals surface area contributed by atoms with Gasteiger partial charge in [0, 0.05) is 24.8 Å². The SMILES string of the molecule is C=CCc1cc(C(=O)OC)cc(N2CCC(N)CC2)c1.Cl. The highest BCUT2D eigenvalue weighted by atomic mass is 35.5. The van der Waals surface area contributed by atoms with Gasteiger partial charge in [0.05, 0.1) is 12.7 Å². The number of rotatable bonds is 4.